The summed E-state index contributed by atoms with van der Waals surface area (Å²) in [7, 11) is 3.37. The Balaban J connectivity index is 1.46. The summed E-state index contributed by atoms with van der Waals surface area (Å²) in [4.78, 5) is 20.6. The van der Waals surface area contributed by atoms with Crippen molar-refractivity contribution in [3.05, 3.63) is 59.7 Å². The number of rotatable bonds is 7. The number of nitrogens with zero attached hydrogens (tertiary/aromatic N) is 4. The molecule has 2 aliphatic rings. The molecule has 0 saturated carbocycles. The maximum atomic E-state index is 5.25. The zero-order chi connectivity index (χ0) is 22.6. The Bertz CT molecular complexity index is 1120. The van der Waals surface area contributed by atoms with Gasteiger partial charge in [0.2, 0.25) is 0 Å². The second kappa shape index (κ2) is 9.85. The molecular weight excluding hydrogens is 414 g/mol. The molecule has 1 N–H and O–H groups in total. The number of H-pyrrole nitrogens is 1. The van der Waals surface area contributed by atoms with Crippen LogP contribution in [0, 0.1) is 0 Å². The zero-order valence-corrected chi connectivity index (χ0v) is 19.4. The predicted molar refractivity (Wildman–Crippen MR) is 129 cm³/mol. The number of nitrogens with one attached hydrogen (secondary N) is 1. The van der Waals surface area contributed by atoms with Gasteiger partial charge in [-0.3, -0.25) is 4.98 Å². The molecule has 0 unspecified atom stereocenters. The van der Waals surface area contributed by atoms with Crippen molar-refractivity contribution in [3.63, 3.8) is 0 Å². The first kappa shape index (κ1) is 21.8. The maximum Gasteiger partial charge on any atom is 0.110 e. The summed E-state index contributed by atoms with van der Waals surface area (Å²) >= 11 is 0. The summed E-state index contributed by atoms with van der Waals surface area (Å²) in [5, 5.41) is 4.20. The van der Waals surface area contributed by atoms with Gasteiger partial charge in [0.25, 0.3) is 0 Å². The van der Waals surface area contributed by atoms with Gasteiger partial charge in [-0.1, -0.05) is 17.3 Å². The highest BCUT2D eigenvalue weighted by Gasteiger charge is 2.26. The normalized spacial score (nSPS) is 18.1. The average molecular weight is 446 g/mol. The molecule has 33 heavy (non-hydrogen) atoms. The van der Waals surface area contributed by atoms with Crippen molar-refractivity contribution >= 4 is 5.71 Å². The van der Waals surface area contributed by atoms with Crippen LogP contribution in [-0.2, 0) is 16.0 Å². The van der Waals surface area contributed by atoms with Crippen LogP contribution in [0.2, 0.25) is 0 Å². The minimum absolute atomic E-state index is 0.438. The first-order chi connectivity index (χ1) is 16.3. The minimum Gasteiger partial charge on any atom is -0.399 e. The van der Waals surface area contributed by atoms with Gasteiger partial charge >= 0.3 is 0 Å². The number of methoxy groups -OCH3 is 1. The molecule has 3 aromatic rings. The minimum atomic E-state index is 0.438. The van der Waals surface area contributed by atoms with Crippen LogP contribution in [-0.4, -0.2) is 66.0 Å². The summed E-state index contributed by atoms with van der Waals surface area (Å²) in [6.45, 7) is 3.94. The Labute approximate surface area is 194 Å². The molecule has 7 heteroatoms. The van der Waals surface area contributed by atoms with E-state index in [-0.39, 0.29) is 0 Å². The summed E-state index contributed by atoms with van der Waals surface area (Å²) in [5.74, 6) is 1.53. The monoisotopic (exact) mass is 445 g/mol. The number of aryl methyl sites for hydroxylation is 1. The van der Waals surface area contributed by atoms with Gasteiger partial charge in [0.05, 0.1) is 23.7 Å². The number of aromatic nitrogens is 3. The van der Waals surface area contributed by atoms with E-state index in [0.29, 0.717) is 5.92 Å². The third kappa shape index (κ3) is 4.56. The van der Waals surface area contributed by atoms with Gasteiger partial charge in [-0.2, -0.15) is 0 Å². The molecule has 2 aromatic heterocycles. The predicted octanol–water partition coefficient (Wildman–Crippen LogP) is 4.26. The maximum absolute atomic E-state index is 5.25. The number of imidazole rings is 1. The largest absolute Gasteiger partial charge is 0.399 e. The number of ether oxygens (including phenoxy) is 1. The Morgan fingerprint density at radius 2 is 1.88 bits per heavy atom. The summed E-state index contributed by atoms with van der Waals surface area (Å²) < 4.78 is 5.25. The smallest absolute Gasteiger partial charge is 0.110 e. The van der Waals surface area contributed by atoms with E-state index >= 15 is 0 Å². The number of hydrogen-bond acceptors (Lipinski definition) is 6. The van der Waals surface area contributed by atoms with E-state index in [4.69, 9.17) is 14.6 Å². The van der Waals surface area contributed by atoms with Crippen molar-refractivity contribution in [1.29, 1.82) is 0 Å². The summed E-state index contributed by atoms with van der Waals surface area (Å²) in [6, 6.07) is 10.7. The number of pyridine rings is 1. The molecule has 1 aliphatic heterocycles. The molecule has 1 aliphatic carbocycles. The number of likely N-dealkylation sites (tertiary alicyclic amines) is 1. The Morgan fingerprint density at radius 1 is 1.06 bits per heavy atom. The van der Waals surface area contributed by atoms with E-state index in [0.717, 1.165) is 86.0 Å². The van der Waals surface area contributed by atoms with Gasteiger partial charge in [-0.25, -0.2) is 4.98 Å². The van der Waals surface area contributed by atoms with Gasteiger partial charge in [0, 0.05) is 48.7 Å². The second-order valence-electron chi connectivity index (χ2n) is 8.78. The van der Waals surface area contributed by atoms with Crippen molar-refractivity contribution in [2.75, 3.05) is 40.5 Å². The van der Waals surface area contributed by atoms with Gasteiger partial charge < -0.3 is 19.5 Å². The molecule has 1 fully saturated rings. The highest BCUT2D eigenvalue weighted by molar-refractivity contribution is 6.04. The molecule has 0 radical (unpaired) electrons. The standard InChI is InChI=1S/C26H31N5O2/c1-32-16-15-31-13-9-19(10-14-31)26-28-24(18-7-11-27-12-8-18)25(29-26)21-3-5-22-20(17-21)4-6-23(22)30-33-2/h3,5,7-8,11-12,17,19H,4,6,9-10,13-16H2,1-2H3,(H,28,29). The van der Waals surface area contributed by atoms with Crippen molar-refractivity contribution in [1.82, 2.24) is 19.9 Å². The third-order valence-corrected chi connectivity index (χ3v) is 6.80. The number of oxime groups is 1. The topological polar surface area (TPSA) is 75.6 Å². The number of piperidine rings is 1. The molecule has 172 valence electrons. The van der Waals surface area contributed by atoms with E-state index in [1.165, 1.54) is 11.1 Å². The van der Waals surface area contributed by atoms with E-state index in [2.05, 4.69) is 38.2 Å². The van der Waals surface area contributed by atoms with Crippen LogP contribution in [0.5, 0.6) is 0 Å². The lowest BCUT2D eigenvalue weighted by atomic mass is 9.96. The lowest BCUT2D eigenvalue weighted by molar-refractivity contribution is 0.129. The van der Waals surface area contributed by atoms with Crippen LogP contribution in [0.25, 0.3) is 22.5 Å². The van der Waals surface area contributed by atoms with Crippen molar-refractivity contribution in [3.8, 4) is 22.5 Å². The van der Waals surface area contributed by atoms with Crippen LogP contribution < -0.4 is 0 Å². The SMILES string of the molecule is COCCN1CCC(c2nc(-c3ccc4c(c3)CCC4=NOC)c(-c3ccncc3)[nH]2)CC1. The van der Waals surface area contributed by atoms with Crippen molar-refractivity contribution in [2.45, 2.75) is 31.6 Å². The number of fused-ring (bicyclic) bond motifs is 1. The van der Waals surface area contributed by atoms with Crippen molar-refractivity contribution < 1.29 is 9.57 Å². The molecular formula is C26H31N5O2. The fourth-order valence-electron chi connectivity index (χ4n) is 4.99. The molecule has 7 nitrogen and oxygen atoms in total. The summed E-state index contributed by atoms with van der Waals surface area (Å²) in [5.41, 5.74) is 7.84. The Kier molecular flexibility index (Phi) is 6.51. The highest BCUT2D eigenvalue weighted by atomic mass is 16.6. The molecule has 0 atom stereocenters. The summed E-state index contributed by atoms with van der Waals surface area (Å²) in [6.07, 6.45) is 7.78. The molecule has 3 heterocycles. The molecule has 1 aromatic carbocycles. The number of benzene rings is 1. The lowest BCUT2D eigenvalue weighted by Gasteiger charge is -2.30. The fourth-order valence-corrected chi connectivity index (χ4v) is 4.99. The first-order valence-electron chi connectivity index (χ1n) is 11.7. The van der Waals surface area contributed by atoms with E-state index < -0.39 is 0 Å². The Hall–Kier alpha value is -3.03. The van der Waals surface area contributed by atoms with E-state index in [9.17, 15) is 0 Å². The Morgan fingerprint density at radius 3 is 2.64 bits per heavy atom. The van der Waals surface area contributed by atoms with Crippen LogP contribution in [0.4, 0.5) is 0 Å². The third-order valence-electron chi connectivity index (χ3n) is 6.80. The van der Waals surface area contributed by atoms with Gasteiger partial charge in [0.1, 0.15) is 12.9 Å². The molecule has 0 spiro atoms. The van der Waals surface area contributed by atoms with Crippen LogP contribution in [0.3, 0.4) is 0 Å². The molecule has 0 bridgehead atoms. The molecule has 0 amide bonds. The van der Waals surface area contributed by atoms with E-state index in [1.807, 2.05) is 24.5 Å². The van der Waals surface area contributed by atoms with Gasteiger partial charge in [0.15, 0.2) is 0 Å². The molecule has 1 saturated heterocycles. The highest BCUT2D eigenvalue weighted by Crippen LogP contribution is 2.36. The first-order valence-corrected chi connectivity index (χ1v) is 11.7. The zero-order valence-electron chi connectivity index (χ0n) is 19.4. The van der Waals surface area contributed by atoms with Crippen LogP contribution >= 0.6 is 0 Å². The quantitative estimate of drug-likeness (QED) is 0.550. The van der Waals surface area contributed by atoms with Crippen LogP contribution in [0.15, 0.2) is 47.9 Å². The van der Waals surface area contributed by atoms with Crippen LogP contribution in [0.1, 0.15) is 42.1 Å². The van der Waals surface area contributed by atoms with Gasteiger partial charge in [-0.15, -0.1) is 0 Å². The lowest BCUT2D eigenvalue weighted by Crippen LogP contribution is -2.35. The van der Waals surface area contributed by atoms with Crippen molar-refractivity contribution in [2.24, 2.45) is 5.16 Å². The number of hydrogen-bond donors (Lipinski definition) is 1. The second-order valence-corrected chi connectivity index (χ2v) is 8.78. The fraction of sp³-hybridized carbons (Fsp3) is 0.423. The number of aromatic amines is 1. The van der Waals surface area contributed by atoms with E-state index in [1.54, 1.807) is 14.2 Å². The molecule has 5 rings (SSSR count). The average Bonchev–Trinajstić information content (AvgIpc) is 3.48. The van der Waals surface area contributed by atoms with Gasteiger partial charge in [-0.05, 0) is 62.5 Å².